The summed E-state index contributed by atoms with van der Waals surface area (Å²) in [6.45, 7) is 0. The number of hydrogen-bond acceptors (Lipinski definition) is 1. The van der Waals surface area contributed by atoms with Crippen LogP contribution in [0.1, 0.15) is 17.2 Å². The van der Waals surface area contributed by atoms with Crippen molar-refractivity contribution in [2.24, 2.45) is 5.73 Å². The maximum absolute atomic E-state index is 11.1. The summed E-state index contributed by atoms with van der Waals surface area (Å²) in [7, 11) is 0. The van der Waals surface area contributed by atoms with Gasteiger partial charge in [0.1, 0.15) is 0 Å². The molecule has 4 heteroatoms. The standard InChI is InChI=1S/C14H13BrN2O/c15-12-8-6-11(7-9-12)13(17-14(16)18)10-4-2-1-3-5-10/h1-9,13H,(H3,16,17,18)/t13-/m0/s1. The van der Waals surface area contributed by atoms with Crippen molar-refractivity contribution in [2.75, 3.05) is 0 Å². The van der Waals surface area contributed by atoms with Crippen molar-refractivity contribution in [2.45, 2.75) is 6.04 Å². The first-order chi connectivity index (χ1) is 8.66. The van der Waals surface area contributed by atoms with Gasteiger partial charge in [0.15, 0.2) is 0 Å². The van der Waals surface area contributed by atoms with Crippen molar-refractivity contribution < 1.29 is 4.79 Å². The zero-order chi connectivity index (χ0) is 13.0. The fourth-order valence-corrected chi connectivity index (χ4v) is 2.07. The first-order valence-corrected chi connectivity index (χ1v) is 6.32. The van der Waals surface area contributed by atoms with E-state index in [4.69, 9.17) is 5.73 Å². The van der Waals surface area contributed by atoms with Crippen molar-refractivity contribution >= 4 is 22.0 Å². The van der Waals surface area contributed by atoms with Gasteiger partial charge in [0.2, 0.25) is 0 Å². The van der Waals surface area contributed by atoms with Crippen LogP contribution in [0.25, 0.3) is 0 Å². The molecule has 2 rings (SSSR count). The summed E-state index contributed by atoms with van der Waals surface area (Å²) in [5.41, 5.74) is 7.23. The Balaban J connectivity index is 2.36. The Bertz CT molecular complexity index is 525. The molecule has 0 heterocycles. The molecule has 2 aromatic carbocycles. The molecule has 0 aliphatic rings. The minimum atomic E-state index is -0.535. The number of benzene rings is 2. The molecule has 0 unspecified atom stereocenters. The number of carbonyl (C=O) groups excluding carboxylic acids is 1. The van der Waals surface area contributed by atoms with Crippen LogP contribution < -0.4 is 11.1 Å². The highest BCUT2D eigenvalue weighted by molar-refractivity contribution is 9.10. The Hall–Kier alpha value is -1.81. The van der Waals surface area contributed by atoms with Gasteiger partial charge in [-0.15, -0.1) is 0 Å². The molecule has 2 amide bonds. The maximum atomic E-state index is 11.1. The lowest BCUT2D eigenvalue weighted by Gasteiger charge is -2.18. The summed E-state index contributed by atoms with van der Waals surface area (Å²) >= 11 is 3.39. The van der Waals surface area contributed by atoms with Gasteiger partial charge in [-0.2, -0.15) is 0 Å². The minimum Gasteiger partial charge on any atom is -0.352 e. The summed E-state index contributed by atoms with van der Waals surface area (Å²) in [6.07, 6.45) is 0. The van der Waals surface area contributed by atoms with Crippen LogP contribution in [0.5, 0.6) is 0 Å². The van der Waals surface area contributed by atoms with Crippen molar-refractivity contribution in [3.8, 4) is 0 Å². The summed E-state index contributed by atoms with van der Waals surface area (Å²) < 4.78 is 0.997. The first kappa shape index (κ1) is 12.6. The largest absolute Gasteiger partial charge is 0.352 e. The van der Waals surface area contributed by atoms with Crippen molar-refractivity contribution in [3.05, 3.63) is 70.2 Å². The van der Waals surface area contributed by atoms with Gasteiger partial charge in [0.05, 0.1) is 6.04 Å². The number of primary amides is 1. The molecule has 0 aliphatic carbocycles. The van der Waals surface area contributed by atoms with Crippen LogP contribution in [0.4, 0.5) is 4.79 Å². The van der Waals surface area contributed by atoms with Gasteiger partial charge in [0.25, 0.3) is 0 Å². The van der Waals surface area contributed by atoms with Crippen molar-refractivity contribution in [1.82, 2.24) is 5.32 Å². The lowest BCUT2D eigenvalue weighted by Crippen LogP contribution is -2.33. The Labute approximate surface area is 114 Å². The number of hydrogen-bond donors (Lipinski definition) is 2. The molecule has 0 saturated heterocycles. The molecule has 0 spiro atoms. The summed E-state index contributed by atoms with van der Waals surface area (Å²) in [5, 5.41) is 2.76. The zero-order valence-electron chi connectivity index (χ0n) is 9.64. The van der Waals surface area contributed by atoms with E-state index in [0.29, 0.717) is 0 Å². The molecule has 0 aromatic heterocycles. The molecule has 0 bridgehead atoms. The molecule has 0 radical (unpaired) electrons. The summed E-state index contributed by atoms with van der Waals surface area (Å²) in [4.78, 5) is 11.1. The number of nitrogens with two attached hydrogens (primary N) is 1. The van der Waals surface area contributed by atoms with E-state index in [0.717, 1.165) is 15.6 Å². The zero-order valence-corrected chi connectivity index (χ0v) is 11.2. The maximum Gasteiger partial charge on any atom is 0.312 e. The molecule has 0 fully saturated rings. The second-order valence-corrected chi connectivity index (χ2v) is 4.82. The number of urea groups is 1. The molecule has 92 valence electrons. The van der Waals surface area contributed by atoms with E-state index in [1.807, 2.05) is 54.6 Å². The average Bonchev–Trinajstić information content (AvgIpc) is 2.38. The lowest BCUT2D eigenvalue weighted by molar-refractivity contribution is 0.247. The summed E-state index contributed by atoms with van der Waals surface area (Å²) in [5.74, 6) is 0. The number of carbonyl (C=O) groups is 1. The van der Waals surface area contributed by atoms with Gasteiger partial charge in [0, 0.05) is 4.47 Å². The Morgan fingerprint density at radius 2 is 1.56 bits per heavy atom. The highest BCUT2D eigenvalue weighted by atomic mass is 79.9. The van der Waals surface area contributed by atoms with Crippen LogP contribution in [0, 0.1) is 0 Å². The molecule has 0 aliphatic heterocycles. The van der Waals surface area contributed by atoms with Gasteiger partial charge in [-0.1, -0.05) is 58.4 Å². The molecule has 18 heavy (non-hydrogen) atoms. The van der Waals surface area contributed by atoms with E-state index in [2.05, 4.69) is 21.2 Å². The quantitative estimate of drug-likeness (QED) is 0.899. The number of rotatable bonds is 3. The SMILES string of the molecule is NC(=O)N[C@@H](c1ccccc1)c1ccc(Br)cc1. The van der Waals surface area contributed by atoms with Gasteiger partial charge in [-0.3, -0.25) is 0 Å². The minimum absolute atomic E-state index is 0.225. The van der Waals surface area contributed by atoms with Crippen LogP contribution in [-0.2, 0) is 0 Å². The Morgan fingerprint density at radius 3 is 2.11 bits per heavy atom. The smallest absolute Gasteiger partial charge is 0.312 e. The first-order valence-electron chi connectivity index (χ1n) is 5.53. The van der Waals surface area contributed by atoms with Crippen LogP contribution >= 0.6 is 15.9 Å². The van der Waals surface area contributed by atoms with Crippen molar-refractivity contribution in [3.63, 3.8) is 0 Å². The molecule has 2 aromatic rings. The van der Waals surface area contributed by atoms with Crippen molar-refractivity contribution in [1.29, 1.82) is 0 Å². The summed E-state index contributed by atoms with van der Waals surface area (Å²) in [6, 6.07) is 16.8. The number of halogens is 1. The molecule has 0 saturated carbocycles. The van der Waals surface area contributed by atoms with E-state index in [1.165, 1.54) is 0 Å². The number of amides is 2. The molecular weight excluding hydrogens is 292 g/mol. The van der Waals surface area contributed by atoms with Crippen LogP contribution in [0.3, 0.4) is 0 Å². The fraction of sp³-hybridized carbons (Fsp3) is 0.0714. The second kappa shape index (κ2) is 5.69. The Kier molecular flexibility index (Phi) is 3.99. The van der Waals surface area contributed by atoms with Gasteiger partial charge in [-0.05, 0) is 23.3 Å². The predicted octanol–water partition coefficient (Wildman–Crippen LogP) is 3.21. The van der Waals surface area contributed by atoms with E-state index in [1.54, 1.807) is 0 Å². The van der Waals surface area contributed by atoms with Crippen LogP contribution in [0.15, 0.2) is 59.1 Å². The predicted molar refractivity (Wildman–Crippen MR) is 75.1 cm³/mol. The number of nitrogens with one attached hydrogen (secondary N) is 1. The van der Waals surface area contributed by atoms with Gasteiger partial charge in [-0.25, -0.2) is 4.79 Å². The van der Waals surface area contributed by atoms with E-state index in [-0.39, 0.29) is 6.04 Å². The third kappa shape index (κ3) is 3.11. The Morgan fingerprint density at radius 1 is 1.00 bits per heavy atom. The molecule has 3 N–H and O–H groups in total. The van der Waals surface area contributed by atoms with Gasteiger partial charge < -0.3 is 11.1 Å². The van der Waals surface area contributed by atoms with Crippen LogP contribution in [-0.4, -0.2) is 6.03 Å². The second-order valence-electron chi connectivity index (χ2n) is 3.90. The third-order valence-corrected chi connectivity index (χ3v) is 3.15. The normalized spacial score (nSPS) is 11.8. The van der Waals surface area contributed by atoms with E-state index in [9.17, 15) is 4.79 Å². The van der Waals surface area contributed by atoms with Crippen LogP contribution in [0.2, 0.25) is 0 Å². The third-order valence-electron chi connectivity index (χ3n) is 2.62. The highest BCUT2D eigenvalue weighted by Gasteiger charge is 2.14. The van der Waals surface area contributed by atoms with Gasteiger partial charge >= 0.3 is 6.03 Å². The topological polar surface area (TPSA) is 55.1 Å². The lowest BCUT2D eigenvalue weighted by atomic mass is 9.99. The van der Waals surface area contributed by atoms with E-state index >= 15 is 0 Å². The molecule has 3 nitrogen and oxygen atoms in total. The highest BCUT2D eigenvalue weighted by Crippen LogP contribution is 2.23. The average molecular weight is 305 g/mol. The van der Waals surface area contributed by atoms with E-state index < -0.39 is 6.03 Å². The molecular formula is C14H13BrN2O. The monoisotopic (exact) mass is 304 g/mol. The molecule has 1 atom stereocenters. The fourth-order valence-electron chi connectivity index (χ4n) is 1.80.